The molecule has 0 atom stereocenters. The lowest BCUT2D eigenvalue weighted by Gasteiger charge is -2.27. The molecule has 0 aliphatic carbocycles. The zero-order valence-corrected chi connectivity index (χ0v) is 19.2. The van der Waals surface area contributed by atoms with Crippen LogP contribution in [0.2, 0.25) is 0 Å². The summed E-state index contributed by atoms with van der Waals surface area (Å²) in [5, 5.41) is 0.661. The van der Waals surface area contributed by atoms with Crippen molar-refractivity contribution in [2.24, 2.45) is 0 Å². The van der Waals surface area contributed by atoms with Crippen LogP contribution >= 0.6 is 0 Å². The van der Waals surface area contributed by atoms with Gasteiger partial charge in [0.25, 0.3) is 10.1 Å². The molecule has 10 heteroatoms. The molecule has 0 saturated carbocycles. The van der Waals surface area contributed by atoms with Crippen molar-refractivity contribution in [2.45, 2.75) is 12.3 Å². The van der Waals surface area contributed by atoms with E-state index in [-0.39, 0.29) is 11.3 Å². The van der Waals surface area contributed by atoms with Gasteiger partial charge in [-0.2, -0.15) is 8.42 Å². The smallest absolute Gasteiger partial charge is 0.270 e. The molecule has 0 spiro atoms. The number of carbonyl (C=O) groups is 1. The molecule has 1 fully saturated rings. The van der Waals surface area contributed by atoms with Crippen LogP contribution in [0.5, 0.6) is 5.75 Å². The highest BCUT2D eigenvalue weighted by Crippen LogP contribution is 2.30. The molecule has 1 aliphatic rings. The van der Waals surface area contributed by atoms with E-state index in [0.717, 1.165) is 18.6 Å². The Morgan fingerprint density at radius 2 is 1.73 bits per heavy atom. The molecule has 1 saturated heterocycles. The van der Waals surface area contributed by atoms with Gasteiger partial charge in [0.05, 0.1) is 25.9 Å². The van der Waals surface area contributed by atoms with Gasteiger partial charge in [0.2, 0.25) is 0 Å². The predicted molar refractivity (Wildman–Crippen MR) is 124 cm³/mol. The number of rotatable bonds is 8. The minimum Gasteiger partial charge on any atom is -0.497 e. The quantitative estimate of drug-likeness (QED) is 0.387. The normalized spacial score (nSPS) is 14.7. The van der Waals surface area contributed by atoms with Gasteiger partial charge in [-0.3, -0.25) is 14.2 Å². The highest BCUT2D eigenvalue weighted by Gasteiger charge is 2.26. The van der Waals surface area contributed by atoms with Crippen molar-refractivity contribution < 1.29 is 32.7 Å². The van der Waals surface area contributed by atoms with Crippen LogP contribution in [-0.2, 0) is 27.2 Å². The second kappa shape index (κ2) is 10.4. The van der Waals surface area contributed by atoms with Crippen LogP contribution in [-0.4, -0.2) is 73.7 Å². The van der Waals surface area contributed by atoms with E-state index in [2.05, 4.69) is 4.90 Å². The summed E-state index contributed by atoms with van der Waals surface area (Å²) >= 11 is 0. The van der Waals surface area contributed by atoms with Gasteiger partial charge in [-0.05, 0) is 30.3 Å². The number of carbonyl (C=O) groups excluding carboxylic acids is 1. The lowest BCUT2D eigenvalue weighted by atomic mass is 10.0. The first kappa shape index (κ1) is 24.9. The fraction of sp³-hybridized carbons (Fsp3) is 0.348. The molecule has 2 aromatic carbocycles. The van der Waals surface area contributed by atoms with Crippen molar-refractivity contribution in [3.63, 3.8) is 0 Å². The van der Waals surface area contributed by atoms with Crippen molar-refractivity contribution in [2.75, 3.05) is 40.0 Å². The first-order valence-electron chi connectivity index (χ1n) is 10.4. The van der Waals surface area contributed by atoms with Crippen LogP contribution in [0.3, 0.4) is 0 Å². The van der Waals surface area contributed by atoms with E-state index in [9.17, 15) is 17.8 Å². The van der Waals surface area contributed by atoms with Crippen LogP contribution in [0.25, 0.3) is 10.9 Å². The topological polar surface area (TPSA) is 130 Å². The molecule has 4 rings (SSSR count). The Hall–Kier alpha value is -2.76. The van der Waals surface area contributed by atoms with Crippen LogP contribution in [0, 0.1) is 0 Å². The minimum absolute atomic E-state index is 0. The van der Waals surface area contributed by atoms with E-state index >= 15 is 0 Å². The summed E-state index contributed by atoms with van der Waals surface area (Å²) < 4.78 is 45.9. The average molecular weight is 477 g/mol. The third-order valence-electron chi connectivity index (χ3n) is 5.72. The van der Waals surface area contributed by atoms with Crippen molar-refractivity contribution in [1.82, 2.24) is 9.47 Å². The van der Waals surface area contributed by atoms with Gasteiger partial charge in [0.15, 0.2) is 5.78 Å². The van der Waals surface area contributed by atoms with E-state index < -0.39 is 15.9 Å². The summed E-state index contributed by atoms with van der Waals surface area (Å²) in [6.07, 6.45) is 0. The van der Waals surface area contributed by atoms with Gasteiger partial charge in [-0.1, -0.05) is 18.2 Å². The molecule has 178 valence electrons. The number of hydrogen-bond acceptors (Lipinski definition) is 6. The van der Waals surface area contributed by atoms with Crippen LogP contribution in [0.1, 0.15) is 21.6 Å². The fourth-order valence-electron chi connectivity index (χ4n) is 4.14. The first-order chi connectivity index (χ1) is 15.4. The largest absolute Gasteiger partial charge is 0.497 e. The van der Waals surface area contributed by atoms with Crippen LogP contribution in [0.15, 0.2) is 48.5 Å². The van der Waals surface area contributed by atoms with Gasteiger partial charge in [0.1, 0.15) is 11.5 Å². The Labute approximate surface area is 192 Å². The molecule has 3 aromatic rings. The lowest BCUT2D eigenvalue weighted by Crippen LogP contribution is -2.38. The van der Waals surface area contributed by atoms with E-state index in [1.54, 1.807) is 31.4 Å². The third-order valence-corrected chi connectivity index (χ3v) is 6.36. The SMILES string of the molecule is COc1ccc(C(=O)c2c(CS(=O)(=O)O)n(CCN3CCOCC3)c3ccccc23)cc1.O. The summed E-state index contributed by atoms with van der Waals surface area (Å²) in [4.78, 5) is 15.8. The van der Waals surface area contributed by atoms with E-state index in [4.69, 9.17) is 9.47 Å². The van der Waals surface area contributed by atoms with Gasteiger partial charge < -0.3 is 19.5 Å². The zero-order valence-electron chi connectivity index (χ0n) is 18.4. The Bertz CT molecular complexity index is 1210. The van der Waals surface area contributed by atoms with E-state index in [0.29, 0.717) is 54.3 Å². The molecule has 3 N–H and O–H groups in total. The summed E-state index contributed by atoms with van der Waals surface area (Å²) in [6, 6.07) is 14.0. The van der Waals surface area contributed by atoms with Crippen LogP contribution in [0.4, 0.5) is 0 Å². The Kier molecular flexibility index (Phi) is 7.88. The van der Waals surface area contributed by atoms with Gasteiger partial charge in [0, 0.05) is 48.3 Å². The lowest BCUT2D eigenvalue weighted by molar-refractivity contribution is 0.0365. The van der Waals surface area contributed by atoms with E-state index in [1.807, 2.05) is 28.8 Å². The number of nitrogens with zero attached hydrogens (tertiary/aromatic N) is 2. The van der Waals surface area contributed by atoms with Gasteiger partial charge >= 0.3 is 0 Å². The summed E-state index contributed by atoms with van der Waals surface area (Å²) in [5.74, 6) is -0.317. The highest BCUT2D eigenvalue weighted by molar-refractivity contribution is 7.85. The van der Waals surface area contributed by atoms with Gasteiger partial charge in [-0.15, -0.1) is 0 Å². The monoisotopic (exact) mass is 476 g/mol. The van der Waals surface area contributed by atoms with Crippen molar-refractivity contribution in [1.29, 1.82) is 0 Å². The number of morpholine rings is 1. The average Bonchev–Trinajstić information content (AvgIpc) is 3.09. The third kappa shape index (κ3) is 5.60. The molecule has 2 heterocycles. The second-order valence-electron chi connectivity index (χ2n) is 7.73. The maximum atomic E-state index is 13.5. The molecule has 0 bridgehead atoms. The number of fused-ring (bicyclic) bond motifs is 1. The predicted octanol–water partition coefficient (Wildman–Crippen LogP) is 1.78. The summed E-state index contributed by atoms with van der Waals surface area (Å²) in [5.41, 5.74) is 1.77. The number of para-hydroxylation sites is 1. The zero-order chi connectivity index (χ0) is 22.7. The highest BCUT2D eigenvalue weighted by atomic mass is 32.2. The molecule has 0 radical (unpaired) electrons. The number of ether oxygens (including phenoxy) is 2. The summed E-state index contributed by atoms with van der Waals surface area (Å²) in [7, 11) is -2.82. The maximum Gasteiger partial charge on any atom is 0.270 e. The number of methoxy groups -OCH3 is 1. The summed E-state index contributed by atoms with van der Waals surface area (Å²) in [6.45, 7) is 4.07. The number of ketones is 1. The number of aromatic nitrogens is 1. The Balaban J connectivity index is 0.00000306. The van der Waals surface area contributed by atoms with Crippen molar-refractivity contribution in [3.05, 3.63) is 65.4 Å². The molecule has 1 aliphatic heterocycles. The molecular weight excluding hydrogens is 448 g/mol. The Morgan fingerprint density at radius 1 is 1.06 bits per heavy atom. The molecule has 1 aromatic heterocycles. The Morgan fingerprint density at radius 3 is 2.36 bits per heavy atom. The molecule has 9 nitrogen and oxygen atoms in total. The van der Waals surface area contributed by atoms with Crippen molar-refractivity contribution >= 4 is 26.8 Å². The number of hydrogen-bond donors (Lipinski definition) is 1. The van der Waals surface area contributed by atoms with Crippen molar-refractivity contribution in [3.8, 4) is 5.75 Å². The van der Waals surface area contributed by atoms with E-state index in [1.165, 1.54) is 0 Å². The van der Waals surface area contributed by atoms with Crippen LogP contribution < -0.4 is 4.74 Å². The minimum atomic E-state index is -4.37. The molecule has 33 heavy (non-hydrogen) atoms. The molecule has 0 amide bonds. The van der Waals surface area contributed by atoms with Gasteiger partial charge in [-0.25, -0.2) is 0 Å². The second-order valence-corrected chi connectivity index (χ2v) is 9.18. The first-order valence-corrected chi connectivity index (χ1v) is 12.0. The standard InChI is InChI=1S/C23H26N2O6S.H2O/c1-30-18-8-6-17(7-9-18)23(26)22-19-4-2-3-5-20(19)25(21(22)16-32(27,28)29)11-10-24-12-14-31-15-13-24;/h2-9H,10-16H2,1H3,(H,27,28,29);1H2. The fourth-order valence-corrected chi connectivity index (χ4v) is 4.79. The molecular formula is C23H28N2O7S. The molecule has 0 unspecified atom stereocenters. The number of benzene rings is 2. The maximum absolute atomic E-state index is 13.5.